The van der Waals surface area contributed by atoms with Crippen molar-refractivity contribution in [2.75, 3.05) is 131 Å². The quantitative estimate of drug-likeness (QED) is 0.196. The van der Waals surface area contributed by atoms with Gasteiger partial charge in [0.2, 0.25) is 11.8 Å². The molecule has 21 nitrogen and oxygen atoms in total. The van der Waals surface area contributed by atoms with Gasteiger partial charge in [0.25, 0.3) is 5.66 Å². The summed E-state index contributed by atoms with van der Waals surface area (Å²) in [5, 5.41) is 3.28. The molecule has 7 heterocycles. The van der Waals surface area contributed by atoms with Crippen LogP contribution >= 0.6 is 0 Å². The van der Waals surface area contributed by atoms with Crippen LogP contribution in [0.25, 0.3) is 4.85 Å². The molecule has 0 aromatic carbocycles. The van der Waals surface area contributed by atoms with E-state index in [0.29, 0.717) is 91.8 Å². The average Bonchev–Trinajstić information content (AvgIpc) is 3.40. The Balaban J connectivity index is 0.000000502. The Morgan fingerprint density at radius 2 is 0.750 bits per heavy atom. The summed E-state index contributed by atoms with van der Waals surface area (Å²) in [6, 6.07) is 0. The Labute approximate surface area is 458 Å². The number of carbonyl (C=O) groups excluding carboxylic acids is 5. The lowest BCUT2D eigenvalue weighted by Crippen LogP contribution is -2.65. The van der Waals surface area contributed by atoms with Crippen LogP contribution in [-0.2, 0) is 38.0 Å². The number of nitrogens with zero attached hydrogens (tertiary/aromatic N) is 7. The number of nitrogens with two attached hydrogens (primary N) is 2. The first-order chi connectivity index (χ1) is 35.4. The van der Waals surface area contributed by atoms with Gasteiger partial charge in [0.1, 0.15) is 27.9 Å². The van der Waals surface area contributed by atoms with Gasteiger partial charge in [-0.1, -0.05) is 35.1 Å². The maximum absolute atomic E-state index is 12.1. The van der Waals surface area contributed by atoms with Gasteiger partial charge in [-0.2, -0.15) is 0 Å². The predicted octanol–water partition coefficient (Wildman–Crippen LogP) is 6.56. The number of primary amides is 2. The Bertz CT molecular complexity index is 1730. The van der Waals surface area contributed by atoms with Crippen molar-refractivity contribution in [1.82, 2.24) is 34.7 Å². The summed E-state index contributed by atoms with van der Waals surface area (Å²) in [6.45, 7) is 46.5. The van der Waals surface area contributed by atoms with Crippen LogP contribution in [0.4, 0.5) is 14.4 Å². The van der Waals surface area contributed by atoms with Crippen molar-refractivity contribution in [3.05, 3.63) is 11.4 Å². The number of nitrogens with one attached hydrogen (secondary N) is 1. The molecule has 5 amide bonds. The number of carbonyl (C=O) groups is 5. The standard InChI is InChI=1S/C15H27N3O4.C15H25N3O3.C10H19N3O2.C10H19NO2.2C2H6.CH4/c1-14(2,3)22-13(20)17-6-8-18(9-7-17)15(12(16)19)4-10-21-11-5-15;1-14(2,3)21-13(19)17-7-9-18(10-8-17)15(16-4)5-11-20-12-6-15;11-9(14)10(1-7-15-8-2-10)13-5-3-12-4-6-13;1-10(2,3)13-9(12)11-7-5-4-6-8-11;2*1-2;/h4-11H2,1-3H3,(H2,16,19);5-12H2,1-3H3;12H,1-8H2,(H2,11,14);4-8H2,1-3H3;2*1-2H3;1H4. The molecular weight excluding hydrogens is 977 g/mol. The average molecular weight is 1080 g/mol. The van der Waals surface area contributed by atoms with Crippen LogP contribution in [0, 0.1) is 6.57 Å². The third-order valence-corrected chi connectivity index (χ3v) is 13.8. The first-order valence-corrected chi connectivity index (χ1v) is 28.0. The SMILES string of the molecule is C.CC.CC.CC(C)(C)OC(=O)N1CCCCC1.CC(C)(C)OC(=O)N1CCN(C2(C(N)=O)CCOCC2)CC1.NC(=O)C1(N2CCNCC2)CCOCC1.[C-]#[N+]C1(N2CCN(C(=O)OC(C)(C)C)CC2)CCOCC1. The summed E-state index contributed by atoms with van der Waals surface area (Å²) in [5.41, 5.74) is 8.41. The lowest BCUT2D eigenvalue weighted by atomic mass is 9.86. The van der Waals surface area contributed by atoms with E-state index in [4.69, 9.17) is 46.5 Å². The summed E-state index contributed by atoms with van der Waals surface area (Å²) in [5.74, 6) is -0.478. The van der Waals surface area contributed by atoms with Crippen LogP contribution in [0.2, 0.25) is 0 Å². The molecule has 7 aliphatic rings. The number of likely N-dealkylation sites (tertiary alicyclic amines) is 1. The van der Waals surface area contributed by atoms with Crippen molar-refractivity contribution in [3.63, 3.8) is 0 Å². The number of ether oxygens (including phenoxy) is 6. The van der Waals surface area contributed by atoms with Gasteiger partial charge >= 0.3 is 18.3 Å². The molecule has 5 N–H and O–H groups in total. The maximum Gasteiger partial charge on any atom is 0.410 e. The van der Waals surface area contributed by atoms with E-state index in [0.717, 1.165) is 90.9 Å². The smallest absolute Gasteiger partial charge is 0.410 e. The van der Waals surface area contributed by atoms with E-state index in [-0.39, 0.29) is 43.1 Å². The van der Waals surface area contributed by atoms with Gasteiger partial charge in [-0.25, -0.2) is 25.9 Å². The van der Waals surface area contributed by atoms with Gasteiger partial charge in [-0.15, -0.1) is 0 Å². The van der Waals surface area contributed by atoms with Gasteiger partial charge in [0, 0.05) is 118 Å². The third kappa shape index (κ3) is 22.4. The third-order valence-electron chi connectivity index (χ3n) is 13.8. The molecule has 76 heavy (non-hydrogen) atoms. The molecule has 0 atom stereocenters. The molecule has 0 spiro atoms. The van der Waals surface area contributed by atoms with Crippen LogP contribution in [0.5, 0.6) is 0 Å². The Kier molecular flexibility index (Phi) is 30.8. The van der Waals surface area contributed by atoms with Crippen molar-refractivity contribution in [1.29, 1.82) is 0 Å². The van der Waals surface area contributed by atoms with E-state index < -0.39 is 27.9 Å². The van der Waals surface area contributed by atoms with E-state index in [1.165, 1.54) is 6.42 Å². The van der Waals surface area contributed by atoms with Crippen molar-refractivity contribution in [2.45, 2.75) is 189 Å². The summed E-state index contributed by atoms with van der Waals surface area (Å²) in [4.78, 5) is 75.0. The summed E-state index contributed by atoms with van der Waals surface area (Å²) >= 11 is 0. The van der Waals surface area contributed by atoms with Gasteiger partial charge in [-0.3, -0.25) is 24.2 Å². The minimum atomic E-state index is -0.627. The lowest BCUT2D eigenvalue weighted by molar-refractivity contribution is -0.139. The van der Waals surface area contributed by atoms with Crippen LogP contribution in [0.3, 0.4) is 0 Å². The summed E-state index contributed by atoms with van der Waals surface area (Å²) in [6.07, 6.45) is 6.96. The van der Waals surface area contributed by atoms with E-state index in [2.05, 4.69) is 24.9 Å². The molecule has 21 heteroatoms. The summed E-state index contributed by atoms with van der Waals surface area (Å²) in [7, 11) is 0. The van der Waals surface area contributed by atoms with Gasteiger partial charge in [-0.05, 0) is 107 Å². The number of hydrogen-bond acceptors (Lipinski definition) is 15. The monoisotopic (exact) mass is 1080 g/mol. The highest BCUT2D eigenvalue weighted by Gasteiger charge is 2.48. The Morgan fingerprint density at radius 1 is 0.461 bits per heavy atom. The summed E-state index contributed by atoms with van der Waals surface area (Å²) < 4.78 is 32.1. The van der Waals surface area contributed by atoms with Crippen LogP contribution in [0.1, 0.15) is 155 Å². The van der Waals surface area contributed by atoms with Crippen LogP contribution in [-0.4, -0.2) is 224 Å². The van der Waals surface area contributed by atoms with E-state index >= 15 is 0 Å². The second-order valence-corrected chi connectivity index (χ2v) is 22.4. The van der Waals surface area contributed by atoms with Crippen LogP contribution in [0.15, 0.2) is 0 Å². The van der Waals surface area contributed by atoms with Crippen molar-refractivity contribution in [2.24, 2.45) is 11.5 Å². The molecule has 7 saturated heterocycles. The van der Waals surface area contributed by atoms with Gasteiger partial charge in [0.15, 0.2) is 0 Å². The zero-order valence-corrected chi connectivity index (χ0v) is 48.8. The number of rotatable bonds is 5. The Morgan fingerprint density at radius 3 is 1.05 bits per heavy atom. The zero-order chi connectivity index (χ0) is 56.5. The van der Waals surface area contributed by atoms with Gasteiger partial charge < -0.3 is 59.9 Å². The van der Waals surface area contributed by atoms with E-state index in [9.17, 15) is 24.0 Å². The molecule has 0 aromatic rings. The molecule has 0 aliphatic carbocycles. The predicted molar refractivity (Wildman–Crippen MR) is 298 cm³/mol. The van der Waals surface area contributed by atoms with Crippen molar-refractivity contribution >= 4 is 30.1 Å². The highest BCUT2D eigenvalue weighted by molar-refractivity contribution is 5.85. The second-order valence-electron chi connectivity index (χ2n) is 22.4. The van der Waals surface area contributed by atoms with Gasteiger partial charge in [0.05, 0.1) is 26.1 Å². The molecule has 0 saturated carbocycles. The minimum absolute atomic E-state index is 0. The molecular formula is C55H106N10O11. The molecule has 7 fully saturated rings. The second kappa shape index (κ2) is 33.4. The maximum atomic E-state index is 12.1. The van der Waals surface area contributed by atoms with Crippen molar-refractivity contribution < 1.29 is 52.4 Å². The van der Waals surface area contributed by atoms with Crippen LogP contribution < -0.4 is 16.8 Å². The normalized spacial score (nSPS) is 21.9. The molecule has 7 aliphatic heterocycles. The zero-order valence-electron chi connectivity index (χ0n) is 48.8. The first-order valence-electron chi connectivity index (χ1n) is 28.0. The minimum Gasteiger partial charge on any atom is -0.444 e. The molecule has 442 valence electrons. The highest BCUT2D eigenvalue weighted by atomic mass is 16.6. The lowest BCUT2D eigenvalue weighted by Gasteiger charge is -2.47. The fourth-order valence-corrected chi connectivity index (χ4v) is 9.82. The molecule has 0 aromatic heterocycles. The number of piperidine rings is 1. The molecule has 0 radical (unpaired) electrons. The number of amides is 5. The highest BCUT2D eigenvalue weighted by Crippen LogP contribution is 2.32. The molecule has 7 rings (SSSR count). The van der Waals surface area contributed by atoms with E-state index in [1.54, 1.807) is 14.7 Å². The fraction of sp³-hybridized carbons (Fsp3) is 0.891. The molecule has 0 bridgehead atoms. The van der Waals surface area contributed by atoms with E-state index in [1.807, 2.05) is 90.0 Å². The fourth-order valence-electron chi connectivity index (χ4n) is 9.82. The topological polar surface area (TPSA) is 229 Å². The number of piperazine rings is 3. The Hall–Kier alpha value is -4.04. The molecule has 0 unspecified atom stereocenters. The largest absolute Gasteiger partial charge is 0.444 e. The first kappa shape index (κ1) is 70.0. The van der Waals surface area contributed by atoms with Crippen molar-refractivity contribution in [3.8, 4) is 0 Å². The number of hydrogen-bond donors (Lipinski definition) is 3.